The van der Waals surface area contributed by atoms with Crippen LogP contribution in [0.4, 0.5) is 4.39 Å². The highest BCUT2D eigenvalue weighted by Crippen LogP contribution is 2.45. The van der Waals surface area contributed by atoms with Gasteiger partial charge in [-0.25, -0.2) is 9.37 Å². The summed E-state index contributed by atoms with van der Waals surface area (Å²) < 4.78 is 16.9. The highest BCUT2D eigenvalue weighted by Gasteiger charge is 2.32. The van der Waals surface area contributed by atoms with E-state index in [-0.39, 0.29) is 16.8 Å². The zero-order chi connectivity index (χ0) is 21.5. The van der Waals surface area contributed by atoms with Crippen LogP contribution in [0, 0.1) is 5.82 Å². The predicted octanol–water partition coefficient (Wildman–Crippen LogP) is 5.54. The molecule has 2 aromatic heterocycles. The molecule has 0 saturated heterocycles. The Hall–Kier alpha value is -3.97. The molecule has 5 aromatic rings. The number of nitrogens with zero attached hydrogens (tertiary/aromatic N) is 2. The van der Waals surface area contributed by atoms with Crippen molar-refractivity contribution in [2.24, 2.45) is 0 Å². The SMILES string of the molecule is O=C(c1ccccc1)c1c(O)c(O)n(-c2nc3ccccc3s2)c1-c1ccccc1F. The molecule has 0 unspecified atom stereocenters. The number of para-hydroxylation sites is 1. The zero-order valence-electron chi connectivity index (χ0n) is 16.0. The Morgan fingerprint density at radius 1 is 0.903 bits per heavy atom. The quantitative estimate of drug-likeness (QED) is 0.367. The fourth-order valence-corrected chi connectivity index (χ4v) is 4.52. The molecule has 5 nitrogen and oxygen atoms in total. The second-order valence-corrected chi connectivity index (χ2v) is 7.88. The second-order valence-electron chi connectivity index (χ2n) is 6.87. The van der Waals surface area contributed by atoms with E-state index in [4.69, 9.17) is 0 Å². The number of thiazole rings is 1. The van der Waals surface area contributed by atoms with Gasteiger partial charge in [-0.2, -0.15) is 0 Å². The Balaban J connectivity index is 1.85. The molecular formula is C24H15FN2O3S. The van der Waals surface area contributed by atoms with Gasteiger partial charge in [-0.15, -0.1) is 0 Å². The molecule has 0 aliphatic carbocycles. The Kier molecular flexibility index (Phi) is 4.52. The minimum Gasteiger partial charge on any atom is -0.503 e. The van der Waals surface area contributed by atoms with Gasteiger partial charge >= 0.3 is 0 Å². The van der Waals surface area contributed by atoms with Gasteiger partial charge in [0.15, 0.2) is 16.7 Å². The van der Waals surface area contributed by atoms with E-state index in [1.165, 1.54) is 34.1 Å². The molecule has 0 amide bonds. The standard InChI is InChI=1S/C24H15FN2O3S/c25-16-11-5-4-10-15(16)20-19(21(28)14-8-2-1-3-9-14)22(29)23(30)27(20)24-26-17-12-6-7-13-18(17)31-24/h1-13,29-30H. The Morgan fingerprint density at radius 3 is 2.32 bits per heavy atom. The van der Waals surface area contributed by atoms with E-state index >= 15 is 0 Å². The lowest BCUT2D eigenvalue weighted by Crippen LogP contribution is -2.05. The highest BCUT2D eigenvalue weighted by atomic mass is 32.1. The Bertz CT molecular complexity index is 1410. The summed E-state index contributed by atoms with van der Waals surface area (Å²) in [7, 11) is 0. The summed E-state index contributed by atoms with van der Waals surface area (Å²) >= 11 is 1.26. The number of rotatable bonds is 4. The van der Waals surface area contributed by atoms with Gasteiger partial charge in [-0.3, -0.25) is 9.36 Å². The van der Waals surface area contributed by atoms with Crippen molar-refractivity contribution in [3.05, 3.63) is 95.8 Å². The van der Waals surface area contributed by atoms with Gasteiger partial charge in [0.2, 0.25) is 5.88 Å². The molecule has 2 N–H and O–H groups in total. The lowest BCUT2D eigenvalue weighted by atomic mass is 9.99. The van der Waals surface area contributed by atoms with Crippen LogP contribution in [-0.4, -0.2) is 25.5 Å². The van der Waals surface area contributed by atoms with Crippen LogP contribution in [0.5, 0.6) is 11.6 Å². The maximum absolute atomic E-state index is 14.9. The van der Waals surface area contributed by atoms with Crippen molar-refractivity contribution in [3.8, 4) is 28.0 Å². The van der Waals surface area contributed by atoms with Crippen molar-refractivity contribution in [1.29, 1.82) is 0 Å². The number of aromatic nitrogens is 2. The number of hydrogen-bond donors (Lipinski definition) is 2. The second kappa shape index (κ2) is 7.37. The minimum absolute atomic E-state index is 0.0426. The number of carbonyl (C=O) groups excluding carboxylic acids is 1. The third-order valence-corrected chi connectivity index (χ3v) is 6.01. The lowest BCUT2D eigenvalue weighted by Gasteiger charge is -2.10. The van der Waals surface area contributed by atoms with Crippen LogP contribution in [0.15, 0.2) is 78.9 Å². The van der Waals surface area contributed by atoms with Gasteiger partial charge in [0.1, 0.15) is 5.82 Å². The number of halogens is 1. The van der Waals surface area contributed by atoms with Crippen molar-refractivity contribution in [2.75, 3.05) is 0 Å². The molecule has 0 bridgehead atoms. The lowest BCUT2D eigenvalue weighted by molar-refractivity contribution is 0.103. The molecule has 0 atom stereocenters. The first-order valence-corrected chi connectivity index (χ1v) is 10.2. The molecule has 7 heteroatoms. The maximum atomic E-state index is 14.9. The third kappa shape index (κ3) is 3.06. The Labute approximate surface area is 180 Å². The van der Waals surface area contributed by atoms with Crippen molar-refractivity contribution in [1.82, 2.24) is 9.55 Å². The van der Waals surface area contributed by atoms with Crippen molar-refractivity contribution in [3.63, 3.8) is 0 Å². The molecule has 0 aliphatic rings. The van der Waals surface area contributed by atoms with Crippen molar-refractivity contribution >= 4 is 27.3 Å². The van der Waals surface area contributed by atoms with E-state index in [1.54, 1.807) is 36.4 Å². The zero-order valence-corrected chi connectivity index (χ0v) is 16.8. The van der Waals surface area contributed by atoms with Crippen molar-refractivity contribution in [2.45, 2.75) is 0 Å². The molecule has 0 spiro atoms. The van der Waals surface area contributed by atoms with Crippen LogP contribution < -0.4 is 0 Å². The summed E-state index contributed by atoms with van der Waals surface area (Å²) in [6, 6.07) is 21.6. The molecule has 3 aromatic carbocycles. The van der Waals surface area contributed by atoms with Crippen LogP contribution in [0.25, 0.3) is 26.6 Å². The van der Waals surface area contributed by atoms with E-state index in [1.807, 2.05) is 24.3 Å². The van der Waals surface area contributed by atoms with Gasteiger partial charge in [0, 0.05) is 11.1 Å². The van der Waals surface area contributed by atoms with Crippen LogP contribution in [0.2, 0.25) is 0 Å². The average molecular weight is 430 g/mol. The predicted molar refractivity (Wildman–Crippen MR) is 118 cm³/mol. The first kappa shape index (κ1) is 19.0. The molecule has 152 valence electrons. The van der Waals surface area contributed by atoms with Crippen LogP contribution in [0.1, 0.15) is 15.9 Å². The summed E-state index contributed by atoms with van der Waals surface area (Å²) in [6.07, 6.45) is 0. The summed E-state index contributed by atoms with van der Waals surface area (Å²) in [4.78, 5) is 17.8. The number of hydrogen-bond acceptors (Lipinski definition) is 5. The van der Waals surface area contributed by atoms with E-state index in [9.17, 15) is 19.4 Å². The number of carbonyl (C=O) groups is 1. The topological polar surface area (TPSA) is 75.3 Å². The van der Waals surface area contributed by atoms with Gasteiger partial charge in [-0.05, 0) is 24.3 Å². The molecule has 2 heterocycles. The Morgan fingerprint density at radius 2 is 1.58 bits per heavy atom. The monoisotopic (exact) mass is 430 g/mol. The van der Waals surface area contributed by atoms with Gasteiger partial charge in [0.05, 0.1) is 21.5 Å². The average Bonchev–Trinajstić information content (AvgIpc) is 3.33. The normalized spacial score (nSPS) is 11.1. The molecule has 5 rings (SSSR count). The first-order chi connectivity index (χ1) is 15.1. The van der Waals surface area contributed by atoms with Gasteiger partial charge in [0.25, 0.3) is 0 Å². The first-order valence-electron chi connectivity index (χ1n) is 9.43. The van der Waals surface area contributed by atoms with E-state index in [2.05, 4.69) is 4.98 Å². The van der Waals surface area contributed by atoms with E-state index in [0.717, 1.165) is 4.70 Å². The fraction of sp³-hybridized carbons (Fsp3) is 0. The number of benzene rings is 3. The summed E-state index contributed by atoms with van der Waals surface area (Å²) in [5, 5.41) is 21.9. The highest BCUT2D eigenvalue weighted by molar-refractivity contribution is 7.20. The number of ketones is 1. The molecule has 31 heavy (non-hydrogen) atoms. The molecule has 0 fully saturated rings. The molecular weight excluding hydrogens is 415 g/mol. The molecule has 0 radical (unpaired) electrons. The van der Waals surface area contributed by atoms with E-state index in [0.29, 0.717) is 16.2 Å². The van der Waals surface area contributed by atoms with Crippen LogP contribution in [0.3, 0.4) is 0 Å². The maximum Gasteiger partial charge on any atom is 0.242 e. The third-order valence-electron chi connectivity index (χ3n) is 4.99. The van der Waals surface area contributed by atoms with Crippen molar-refractivity contribution < 1.29 is 19.4 Å². The van der Waals surface area contributed by atoms with Gasteiger partial charge < -0.3 is 10.2 Å². The molecule has 0 aliphatic heterocycles. The van der Waals surface area contributed by atoms with Crippen LogP contribution in [-0.2, 0) is 0 Å². The fourth-order valence-electron chi connectivity index (χ4n) is 3.55. The molecule has 0 saturated carbocycles. The summed E-state index contributed by atoms with van der Waals surface area (Å²) in [5.41, 5.74) is 0.910. The largest absolute Gasteiger partial charge is 0.503 e. The smallest absolute Gasteiger partial charge is 0.242 e. The van der Waals surface area contributed by atoms with E-state index < -0.39 is 23.2 Å². The van der Waals surface area contributed by atoms with Crippen LogP contribution >= 0.6 is 11.3 Å². The number of aromatic hydroxyl groups is 2. The minimum atomic E-state index is -0.619. The number of fused-ring (bicyclic) bond motifs is 1. The summed E-state index contributed by atoms with van der Waals surface area (Å²) in [5.74, 6) is -2.32. The summed E-state index contributed by atoms with van der Waals surface area (Å²) in [6.45, 7) is 0. The van der Waals surface area contributed by atoms with Gasteiger partial charge in [-0.1, -0.05) is 65.9 Å².